The lowest BCUT2D eigenvalue weighted by atomic mass is 9.87. The normalized spacial score (nSPS) is 20.3. The van der Waals surface area contributed by atoms with E-state index in [1.165, 1.54) is 18.2 Å². The van der Waals surface area contributed by atoms with E-state index >= 15 is 0 Å². The number of amides is 1. The first-order chi connectivity index (χ1) is 19.7. The van der Waals surface area contributed by atoms with Gasteiger partial charge < -0.3 is 34.8 Å². The third kappa shape index (κ3) is 7.95. The van der Waals surface area contributed by atoms with Gasteiger partial charge in [0.1, 0.15) is 48.3 Å². The fourth-order valence-electron chi connectivity index (χ4n) is 4.92. The maximum atomic E-state index is 12.7. The number of aliphatic hydroxyl groups is 2. The standard InChI is InChI=1S/C25H29ClN2O7.C2HF3O2/c26-17-1-4-22-16(9-17)11-25(35-22)5-7-27(8-6-25)12-19(30)14-33-23-10-18(29)2-3-21(23)24(32)28-13-20(31)15-34-28;3-2(4,5)1(6)7/h1-4,9-10,19-20,29-31H,5-8,11-15H2;(H,6,7)/t19-,20-;/m0./s1. The van der Waals surface area contributed by atoms with Gasteiger partial charge in [-0.25, -0.2) is 9.86 Å². The monoisotopic (exact) mass is 618 g/mol. The van der Waals surface area contributed by atoms with Crippen LogP contribution in [0.15, 0.2) is 36.4 Å². The van der Waals surface area contributed by atoms with Crippen molar-refractivity contribution < 1.29 is 57.5 Å². The molecule has 2 aromatic carbocycles. The Morgan fingerprint density at radius 3 is 2.48 bits per heavy atom. The van der Waals surface area contributed by atoms with Gasteiger partial charge in [0.2, 0.25) is 0 Å². The highest BCUT2D eigenvalue weighted by Crippen LogP contribution is 2.42. The van der Waals surface area contributed by atoms with E-state index in [0.29, 0.717) is 11.6 Å². The predicted octanol–water partition coefficient (Wildman–Crippen LogP) is 2.64. The number of carbonyl (C=O) groups is 2. The first kappa shape index (κ1) is 31.6. The fourth-order valence-corrected chi connectivity index (χ4v) is 5.11. The minimum atomic E-state index is -5.08. The number of hydrogen-bond acceptors (Lipinski definition) is 9. The molecular formula is C27H30ClF3N2O9. The van der Waals surface area contributed by atoms with Crippen molar-refractivity contribution in [1.82, 2.24) is 9.96 Å². The van der Waals surface area contributed by atoms with Crippen LogP contribution in [0.2, 0.25) is 5.02 Å². The summed E-state index contributed by atoms with van der Waals surface area (Å²) >= 11 is 6.12. The van der Waals surface area contributed by atoms with Gasteiger partial charge in [-0.3, -0.25) is 9.63 Å². The number of carboxylic acid groups (broad SMARTS) is 1. The number of carbonyl (C=O) groups excluding carboxylic acids is 1. The highest BCUT2D eigenvalue weighted by atomic mass is 35.5. The van der Waals surface area contributed by atoms with Crippen LogP contribution < -0.4 is 9.47 Å². The number of aromatic hydroxyl groups is 1. The lowest BCUT2D eigenvalue weighted by Gasteiger charge is -2.39. The van der Waals surface area contributed by atoms with Crippen molar-refractivity contribution in [2.45, 2.75) is 43.2 Å². The Balaban J connectivity index is 0.000000517. The quantitative estimate of drug-likeness (QED) is 0.381. The summed E-state index contributed by atoms with van der Waals surface area (Å²) in [5.41, 5.74) is 1.11. The number of rotatable bonds is 6. The van der Waals surface area contributed by atoms with Crippen LogP contribution in [0.1, 0.15) is 28.8 Å². The van der Waals surface area contributed by atoms with Gasteiger partial charge in [0.05, 0.1) is 12.1 Å². The Bertz CT molecular complexity index is 1290. The van der Waals surface area contributed by atoms with Crippen molar-refractivity contribution >= 4 is 23.5 Å². The second-order valence-corrected chi connectivity index (χ2v) is 10.7. The molecular weight excluding hydrogens is 589 g/mol. The molecule has 1 spiro atoms. The van der Waals surface area contributed by atoms with Crippen molar-refractivity contribution in [2.75, 3.05) is 39.4 Å². The molecule has 11 nitrogen and oxygen atoms in total. The average molecular weight is 619 g/mol. The first-order valence-corrected chi connectivity index (χ1v) is 13.4. The summed E-state index contributed by atoms with van der Waals surface area (Å²) in [6.07, 6.45) is -4.08. The molecule has 0 unspecified atom stereocenters. The number of likely N-dealkylation sites (tertiary alicyclic amines) is 1. The van der Waals surface area contributed by atoms with Gasteiger partial charge in [0.15, 0.2) is 0 Å². The van der Waals surface area contributed by atoms with Crippen molar-refractivity contribution in [2.24, 2.45) is 0 Å². The van der Waals surface area contributed by atoms with Gasteiger partial charge >= 0.3 is 12.1 Å². The predicted molar refractivity (Wildman–Crippen MR) is 140 cm³/mol. The molecule has 230 valence electrons. The molecule has 3 heterocycles. The maximum absolute atomic E-state index is 12.7. The molecule has 0 saturated carbocycles. The molecule has 0 aromatic heterocycles. The van der Waals surface area contributed by atoms with E-state index in [9.17, 15) is 33.3 Å². The molecule has 42 heavy (non-hydrogen) atoms. The molecule has 2 atom stereocenters. The van der Waals surface area contributed by atoms with Gasteiger partial charge in [-0.2, -0.15) is 13.2 Å². The number of alkyl halides is 3. The Morgan fingerprint density at radius 2 is 1.86 bits per heavy atom. The van der Waals surface area contributed by atoms with Crippen LogP contribution in [0.25, 0.3) is 0 Å². The molecule has 2 aromatic rings. The molecule has 2 fully saturated rings. The second kappa shape index (κ2) is 12.9. The highest BCUT2D eigenvalue weighted by molar-refractivity contribution is 6.30. The number of phenolic OH excluding ortho intramolecular Hbond substituents is 1. The number of carboxylic acids is 1. The number of hydrogen-bond donors (Lipinski definition) is 4. The Morgan fingerprint density at radius 1 is 1.17 bits per heavy atom. The van der Waals surface area contributed by atoms with Crippen molar-refractivity contribution in [3.05, 3.63) is 52.5 Å². The van der Waals surface area contributed by atoms with E-state index in [2.05, 4.69) is 4.90 Å². The van der Waals surface area contributed by atoms with E-state index in [-0.39, 0.29) is 42.4 Å². The molecule has 3 aliphatic rings. The summed E-state index contributed by atoms with van der Waals surface area (Å²) in [6.45, 7) is 2.03. The highest BCUT2D eigenvalue weighted by Gasteiger charge is 2.42. The van der Waals surface area contributed by atoms with Crippen LogP contribution in [0.5, 0.6) is 17.2 Å². The molecule has 2 saturated heterocycles. The van der Waals surface area contributed by atoms with E-state index in [1.807, 2.05) is 18.2 Å². The van der Waals surface area contributed by atoms with Crippen molar-refractivity contribution in [3.63, 3.8) is 0 Å². The van der Waals surface area contributed by atoms with Gasteiger partial charge in [-0.05, 0) is 35.9 Å². The van der Waals surface area contributed by atoms with E-state index in [0.717, 1.165) is 48.7 Å². The van der Waals surface area contributed by atoms with Crippen LogP contribution >= 0.6 is 11.6 Å². The summed E-state index contributed by atoms with van der Waals surface area (Å²) in [7, 11) is 0. The largest absolute Gasteiger partial charge is 0.508 e. The first-order valence-electron chi connectivity index (χ1n) is 13.0. The average Bonchev–Trinajstić information content (AvgIpc) is 3.51. The number of aliphatic hydroxyl groups excluding tert-OH is 2. The smallest absolute Gasteiger partial charge is 0.490 e. The zero-order valence-electron chi connectivity index (χ0n) is 22.2. The molecule has 5 rings (SSSR count). The van der Waals surface area contributed by atoms with Gasteiger partial charge in [-0.1, -0.05) is 11.6 Å². The molecule has 15 heteroatoms. The SMILES string of the molecule is O=C(O)C(F)(F)F.O=C(c1ccc(O)cc1OC[C@@H](O)CN1CCC2(CC1)Cc1cc(Cl)ccc1O2)N1C[C@H](O)CO1. The minimum absolute atomic E-state index is 0.0424. The van der Waals surface area contributed by atoms with Crippen LogP contribution in [0.3, 0.4) is 0 Å². The van der Waals surface area contributed by atoms with Crippen LogP contribution in [0.4, 0.5) is 13.2 Å². The van der Waals surface area contributed by atoms with Crippen molar-refractivity contribution in [3.8, 4) is 17.2 Å². The number of piperidine rings is 1. The Labute approximate surface area is 243 Å². The summed E-state index contributed by atoms with van der Waals surface area (Å²) in [5, 5.41) is 39.0. The Hall–Kier alpha value is -3.30. The van der Waals surface area contributed by atoms with Crippen LogP contribution in [-0.4, -0.2) is 106 Å². The van der Waals surface area contributed by atoms with Crippen molar-refractivity contribution in [1.29, 1.82) is 0 Å². The molecule has 3 aliphatic heterocycles. The molecule has 0 aliphatic carbocycles. The molecule has 1 amide bonds. The third-order valence-corrected chi connectivity index (χ3v) is 7.23. The van der Waals surface area contributed by atoms with Crippen LogP contribution in [-0.2, 0) is 16.1 Å². The topological polar surface area (TPSA) is 149 Å². The number of phenols is 1. The maximum Gasteiger partial charge on any atom is 0.490 e. The van der Waals surface area contributed by atoms with Gasteiger partial charge in [-0.15, -0.1) is 0 Å². The third-order valence-electron chi connectivity index (χ3n) is 6.99. The number of hydroxylamine groups is 2. The summed E-state index contributed by atoms with van der Waals surface area (Å²) in [6, 6.07) is 9.89. The minimum Gasteiger partial charge on any atom is -0.508 e. The number of nitrogens with zero attached hydrogens (tertiary/aromatic N) is 2. The van der Waals surface area contributed by atoms with E-state index in [4.69, 9.17) is 35.8 Å². The van der Waals surface area contributed by atoms with Crippen LogP contribution in [0, 0.1) is 0 Å². The number of halogens is 4. The lowest BCUT2D eigenvalue weighted by molar-refractivity contribution is -0.192. The molecule has 0 radical (unpaired) electrons. The number of β-amino-alcohol motifs (C(OH)–C–C–N with tert-alkyl or cyclic N) is 2. The molecule has 0 bridgehead atoms. The summed E-state index contributed by atoms with van der Waals surface area (Å²) < 4.78 is 43.8. The number of benzene rings is 2. The number of ether oxygens (including phenoxy) is 2. The van der Waals surface area contributed by atoms with E-state index in [1.54, 1.807) is 0 Å². The second-order valence-electron chi connectivity index (χ2n) is 10.3. The van der Waals surface area contributed by atoms with E-state index < -0.39 is 30.3 Å². The Kier molecular flexibility index (Phi) is 9.73. The zero-order chi connectivity index (χ0) is 30.7. The fraction of sp³-hybridized carbons (Fsp3) is 0.481. The summed E-state index contributed by atoms with van der Waals surface area (Å²) in [5.74, 6) is -2.25. The van der Waals surface area contributed by atoms with Gasteiger partial charge in [0, 0.05) is 50.0 Å². The summed E-state index contributed by atoms with van der Waals surface area (Å²) in [4.78, 5) is 29.0. The van der Waals surface area contributed by atoms with Gasteiger partial charge in [0.25, 0.3) is 5.91 Å². The number of fused-ring (bicyclic) bond motifs is 1. The lowest BCUT2D eigenvalue weighted by Crippen LogP contribution is -2.49. The zero-order valence-corrected chi connectivity index (χ0v) is 23.0. The molecule has 4 N–H and O–H groups in total. The number of aliphatic carboxylic acids is 1.